The molecule has 2 aliphatic heterocycles. The minimum Gasteiger partial charge on any atom is -0.353 e. The Kier molecular flexibility index (Phi) is 4.97. The maximum atomic E-state index is 12.0. The maximum Gasteiger partial charge on any atom is 0.237 e. The molecule has 2 aliphatic rings. The molecule has 18 heavy (non-hydrogen) atoms. The number of carbonyl (C=O) groups is 1. The van der Waals surface area contributed by atoms with Gasteiger partial charge in [-0.3, -0.25) is 9.69 Å². The van der Waals surface area contributed by atoms with E-state index in [1.165, 1.54) is 6.42 Å². The van der Waals surface area contributed by atoms with E-state index >= 15 is 0 Å². The van der Waals surface area contributed by atoms with Crippen LogP contribution < -0.4 is 10.6 Å². The van der Waals surface area contributed by atoms with Gasteiger partial charge in [-0.15, -0.1) is 0 Å². The van der Waals surface area contributed by atoms with Gasteiger partial charge in [-0.25, -0.2) is 0 Å². The molecule has 0 aromatic carbocycles. The lowest BCUT2D eigenvalue weighted by atomic mass is 10.0. The van der Waals surface area contributed by atoms with Gasteiger partial charge in [-0.1, -0.05) is 6.42 Å². The van der Waals surface area contributed by atoms with Crippen LogP contribution in [0.1, 0.15) is 19.3 Å². The highest BCUT2D eigenvalue weighted by atomic mass is 16.2. The number of hydrogen-bond acceptors (Lipinski definition) is 4. The molecule has 2 rings (SSSR count). The van der Waals surface area contributed by atoms with Gasteiger partial charge in [-0.05, 0) is 33.5 Å². The van der Waals surface area contributed by atoms with Crippen LogP contribution in [-0.4, -0.2) is 74.6 Å². The van der Waals surface area contributed by atoms with E-state index in [1.54, 1.807) is 0 Å². The fourth-order valence-corrected chi connectivity index (χ4v) is 2.74. The predicted octanol–water partition coefficient (Wildman–Crippen LogP) is -0.509. The lowest BCUT2D eigenvalue weighted by Crippen LogP contribution is -2.56. The maximum absolute atomic E-state index is 12.0. The van der Waals surface area contributed by atoms with Gasteiger partial charge in [0.25, 0.3) is 0 Å². The van der Waals surface area contributed by atoms with Crippen LogP contribution in [0.15, 0.2) is 0 Å². The molecule has 5 nitrogen and oxygen atoms in total. The fraction of sp³-hybridized carbons (Fsp3) is 0.923. The van der Waals surface area contributed by atoms with Crippen molar-refractivity contribution in [3.8, 4) is 0 Å². The summed E-state index contributed by atoms with van der Waals surface area (Å²) in [5.74, 6) is 0.177. The quantitative estimate of drug-likeness (QED) is 0.712. The SMILES string of the molecule is CN1CCN(C)C(CNC(=O)[C@H]2CCCCN2)C1. The van der Waals surface area contributed by atoms with Crippen LogP contribution in [0.4, 0.5) is 0 Å². The molecule has 2 atom stereocenters. The fourth-order valence-electron chi connectivity index (χ4n) is 2.74. The minimum atomic E-state index is 0.0328. The molecular formula is C13H26N4O. The molecule has 0 aromatic heterocycles. The Morgan fingerprint density at radius 1 is 1.33 bits per heavy atom. The lowest BCUT2D eigenvalue weighted by Gasteiger charge is -2.38. The summed E-state index contributed by atoms with van der Waals surface area (Å²) in [5, 5.41) is 6.39. The van der Waals surface area contributed by atoms with Gasteiger partial charge in [0.2, 0.25) is 5.91 Å². The van der Waals surface area contributed by atoms with E-state index in [4.69, 9.17) is 0 Å². The van der Waals surface area contributed by atoms with E-state index in [9.17, 15) is 4.79 Å². The van der Waals surface area contributed by atoms with Gasteiger partial charge >= 0.3 is 0 Å². The van der Waals surface area contributed by atoms with Gasteiger partial charge in [-0.2, -0.15) is 0 Å². The largest absolute Gasteiger partial charge is 0.353 e. The summed E-state index contributed by atoms with van der Waals surface area (Å²) >= 11 is 0. The number of piperazine rings is 1. The van der Waals surface area contributed by atoms with Crippen LogP contribution >= 0.6 is 0 Å². The molecule has 2 saturated heterocycles. The van der Waals surface area contributed by atoms with E-state index in [0.29, 0.717) is 6.04 Å². The van der Waals surface area contributed by atoms with E-state index in [2.05, 4.69) is 34.5 Å². The lowest BCUT2D eigenvalue weighted by molar-refractivity contribution is -0.124. The van der Waals surface area contributed by atoms with E-state index < -0.39 is 0 Å². The Hall–Kier alpha value is -0.650. The second-order valence-corrected chi connectivity index (χ2v) is 5.64. The number of carbonyl (C=O) groups excluding carboxylic acids is 1. The van der Waals surface area contributed by atoms with Gasteiger partial charge in [0, 0.05) is 32.2 Å². The van der Waals surface area contributed by atoms with Crippen molar-refractivity contribution < 1.29 is 4.79 Å². The molecule has 0 spiro atoms. The van der Waals surface area contributed by atoms with Gasteiger partial charge in [0.05, 0.1) is 6.04 Å². The Morgan fingerprint density at radius 2 is 2.17 bits per heavy atom. The summed E-state index contributed by atoms with van der Waals surface area (Å²) in [4.78, 5) is 16.7. The predicted molar refractivity (Wildman–Crippen MR) is 72.6 cm³/mol. The third-order valence-corrected chi connectivity index (χ3v) is 4.12. The minimum absolute atomic E-state index is 0.0328. The summed E-state index contributed by atoms with van der Waals surface area (Å²) in [6.45, 7) is 4.97. The molecule has 0 saturated carbocycles. The van der Waals surface area contributed by atoms with E-state index in [0.717, 1.165) is 45.6 Å². The number of hydrogen-bond donors (Lipinski definition) is 2. The van der Waals surface area contributed by atoms with Crippen molar-refractivity contribution in [2.24, 2.45) is 0 Å². The number of nitrogens with zero attached hydrogens (tertiary/aromatic N) is 2. The van der Waals surface area contributed by atoms with Crippen LogP contribution in [0, 0.1) is 0 Å². The topological polar surface area (TPSA) is 47.6 Å². The van der Waals surface area contributed by atoms with Gasteiger partial charge in [0.1, 0.15) is 0 Å². The van der Waals surface area contributed by atoms with Crippen molar-refractivity contribution >= 4 is 5.91 Å². The Labute approximate surface area is 110 Å². The van der Waals surface area contributed by atoms with E-state index in [-0.39, 0.29) is 11.9 Å². The van der Waals surface area contributed by atoms with Crippen molar-refractivity contribution in [3.63, 3.8) is 0 Å². The van der Waals surface area contributed by atoms with Crippen LogP contribution in [0.3, 0.4) is 0 Å². The molecule has 0 bridgehead atoms. The van der Waals surface area contributed by atoms with Gasteiger partial charge in [0.15, 0.2) is 0 Å². The van der Waals surface area contributed by atoms with E-state index in [1.807, 2.05) is 0 Å². The summed E-state index contributed by atoms with van der Waals surface area (Å²) < 4.78 is 0. The highest BCUT2D eigenvalue weighted by Crippen LogP contribution is 2.08. The highest BCUT2D eigenvalue weighted by Gasteiger charge is 2.25. The van der Waals surface area contributed by atoms with Crippen LogP contribution in [-0.2, 0) is 4.79 Å². The van der Waals surface area contributed by atoms with Crippen molar-refractivity contribution in [1.29, 1.82) is 0 Å². The van der Waals surface area contributed by atoms with Crippen molar-refractivity contribution in [1.82, 2.24) is 20.4 Å². The molecule has 2 fully saturated rings. The third kappa shape index (κ3) is 3.67. The monoisotopic (exact) mass is 254 g/mol. The van der Waals surface area contributed by atoms with Crippen LogP contribution in [0.2, 0.25) is 0 Å². The molecule has 1 unspecified atom stereocenters. The van der Waals surface area contributed by atoms with Gasteiger partial charge < -0.3 is 15.5 Å². The molecular weight excluding hydrogens is 228 g/mol. The summed E-state index contributed by atoms with van der Waals surface area (Å²) in [6, 6.07) is 0.474. The standard InChI is InChI=1S/C13H26N4O/c1-16-7-8-17(2)11(10-16)9-15-13(18)12-5-3-4-6-14-12/h11-12,14H,3-10H2,1-2H3,(H,15,18)/t11?,12-/m1/s1. The molecule has 104 valence electrons. The number of amides is 1. The molecule has 2 heterocycles. The molecule has 0 aliphatic carbocycles. The number of nitrogens with one attached hydrogen (secondary N) is 2. The first-order valence-electron chi connectivity index (χ1n) is 7.06. The van der Waals surface area contributed by atoms with Crippen molar-refractivity contribution in [3.05, 3.63) is 0 Å². The Bertz CT molecular complexity index is 278. The number of likely N-dealkylation sites (N-methyl/N-ethyl adjacent to an activating group) is 2. The first kappa shape index (κ1) is 13.8. The zero-order valence-electron chi connectivity index (χ0n) is 11.6. The summed E-state index contributed by atoms with van der Waals surface area (Å²) in [7, 11) is 4.28. The second-order valence-electron chi connectivity index (χ2n) is 5.64. The molecule has 0 radical (unpaired) electrons. The van der Waals surface area contributed by atoms with Crippen molar-refractivity contribution in [2.45, 2.75) is 31.3 Å². The first-order valence-corrected chi connectivity index (χ1v) is 7.06. The second kappa shape index (κ2) is 6.50. The Morgan fingerprint density at radius 3 is 2.89 bits per heavy atom. The number of rotatable bonds is 3. The zero-order chi connectivity index (χ0) is 13.0. The van der Waals surface area contributed by atoms with Crippen LogP contribution in [0.25, 0.3) is 0 Å². The number of piperidine rings is 1. The van der Waals surface area contributed by atoms with Crippen molar-refractivity contribution in [2.75, 3.05) is 46.8 Å². The molecule has 5 heteroatoms. The molecule has 0 aromatic rings. The van der Waals surface area contributed by atoms with Crippen LogP contribution in [0.5, 0.6) is 0 Å². The summed E-state index contributed by atoms with van der Waals surface area (Å²) in [6.07, 6.45) is 3.34. The summed E-state index contributed by atoms with van der Waals surface area (Å²) in [5.41, 5.74) is 0. The molecule has 1 amide bonds. The Balaban J connectivity index is 1.74. The highest BCUT2D eigenvalue weighted by molar-refractivity contribution is 5.81. The smallest absolute Gasteiger partial charge is 0.237 e. The first-order chi connectivity index (χ1) is 8.66. The third-order valence-electron chi connectivity index (χ3n) is 4.12. The normalized spacial score (nSPS) is 31.2. The molecule has 2 N–H and O–H groups in total. The average molecular weight is 254 g/mol. The zero-order valence-corrected chi connectivity index (χ0v) is 11.6. The average Bonchev–Trinajstić information content (AvgIpc) is 2.40.